The second kappa shape index (κ2) is 13.7. The van der Waals surface area contributed by atoms with Crippen LogP contribution in [-0.4, -0.2) is 77.6 Å². The molecule has 12 heteroatoms. The van der Waals surface area contributed by atoms with Crippen LogP contribution in [-0.2, 0) is 19.2 Å². The molecule has 1 rings (SSSR count). The van der Waals surface area contributed by atoms with Crippen molar-refractivity contribution in [3.8, 4) is 0 Å². The van der Waals surface area contributed by atoms with E-state index in [4.69, 9.17) is 5.73 Å². The summed E-state index contributed by atoms with van der Waals surface area (Å²) in [6, 6.07) is -3.41. The van der Waals surface area contributed by atoms with Gasteiger partial charge in [0.15, 0.2) is 0 Å². The summed E-state index contributed by atoms with van der Waals surface area (Å²) < 4.78 is 0. The Labute approximate surface area is 181 Å². The summed E-state index contributed by atoms with van der Waals surface area (Å²) in [6.45, 7) is 1.18. The van der Waals surface area contributed by atoms with Gasteiger partial charge in [0.05, 0.1) is 6.04 Å². The van der Waals surface area contributed by atoms with Gasteiger partial charge in [-0.1, -0.05) is 0 Å². The lowest BCUT2D eigenvalue weighted by molar-refractivity contribution is -0.142. The molecule has 0 saturated carbocycles. The molecule has 0 aromatic heterocycles. The van der Waals surface area contributed by atoms with Gasteiger partial charge in [0.2, 0.25) is 17.7 Å². The van der Waals surface area contributed by atoms with Crippen molar-refractivity contribution < 1.29 is 24.3 Å². The van der Waals surface area contributed by atoms with E-state index in [1.54, 1.807) is 0 Å². The molecule has 166 valence electrons. The minimum atomic E-state index is -1.16. The normalized spacial score (nSPS) is 19.1. The van der Waals surface area contributed by atoms with Crippen molar-refractivity contribution in [1.82, 2.24) is 21.3 Å². The van der Waals surface area contributed by atoms with Crippen LogP contribution in [0.5, 0.6) is 0 Å². The third kappa shape index (κ3) is 8.81. The summed E-state index contributed by atoms with van der Waals surface area (Å²) in [7, 11) is 0. The summed E-state index contributed by atoms with van der Waals surface area (Å²) in [5, 5.41) is 19.8. The van der Waals surface area contributed by atoms with E-state index in [9.17, 15) is 24.3 Å². The zero-order valence-electron chi connectivity index (χ0n) is 16.2. The van der Waals surface area contributed by atoms with Crippen LogP contribution >= 0.6 is 25.3 Å². The maximum atomic E-state index is 12.5. The second-order valence-electron chi connectivity index (χ2n) is 6.82. The number of hydrogen-bond acceptors (Lipinski definition) is 8. The minimum Gasteiger partial charge on any atom is -0.480 e. The van der Waals surface area contributed by atoms with E-state index in [0.29, 0.717) is 25.8 Å². The Hall–Kier alpha value is -1.50. The lowest BCUT2D eigenvalue weighted by atomic mass is 10.1. The molecule has 29 heavy (non-hydrogen) atoms. The predicted molar refractivity (Wildman–Crippen MR) is 115 cm³/mol. The molecule has 0 aromatic carbocycles. The van der Waals surface area contributed by atoms with E-state index in [0.717, 1.165) is 13.0 Å². The van der Waals surface area contributed by atoms with Gasteiger partial charge in [-0.3, -0.25) is 14.4 Å². The lowest BCUT2D eigenvalue weighted by Gasteiger charge is -2.23. The molecule has 7 N–H and O–H groups in total. The van der Waals surface area contributed by atoms with Crippen molar-refractivity contribution in [2.24, 2.45) is 5.73 Å². The lowest BCUT2D eigenvalue weighted by Crippen LogP contribution is -2.58. The Morgan fingerprint density at radius 3 is 2.07 bits per heavy atom. The molecule has 1 aliphatic heterocycles. The first-order valence-electron chi connectivity index (χ1n) is 9.63. The van der Waals surface area contributed by atoms with Gasteiger partial charge >= 0.3 is 5.97 Å². The highest BCUT2D eigenvalue weighted by atomic mass is 32.1. The van der Waals surface area contributed by atoms with E-state index in [1.807, 2.05) is 0 Å². The van der Waals surface area contributed by atoms with E-state index in [1.165, 1.54) is 0 Å². The second-order valence-corrected chi connectivity index (χ2v) is 7.55. The molecule has 3 amide bonds. The molecule has 0 radical (unpaired) electrons. The average molecular weight is 450 g/mol. The highest BCUT2D eigenvalue weighted by Gasteiger charge is 2.30. The van der Waals surface area contributed by atoms with Crippen LogP contribution in [0.4, 0.5) is 0 Å². The molecule has 0 spiro atoms. The summed E-state index contributed by atoms with van der Waals surface area (Å²) in [4.78, 5) is 48.5. The number of unbranched alkanes of at least 4 members (excludes halogenated alkanes) is 1. The van der Waals surface area contributed by atoms with Gasteiger partial charge in [-0.25, -0.2) is 4.79 Å². The van der Waals surface area contributed by atoms with Crippen molar-refractivity contribution in [1.29, 1.82) is 0 Å². The number of amides is 3. The Kier molecular flexibility index (Phi) is 12.0. The summed E-state index contributed by atoms with van der Waals surface area (Å²) >= 11 is 8.17. The van der Waals surface area contributed by atoms with Crippen LogP contribution in [0.2, 0.25) is 0 Å². The first kappa shape index (κ1) is 25.5. The van der Waals surface area contributed by atoms with E-state index < -0.39 is 35.9 Å². The number of carboxylic acids is 1. The van der Waals surface area contributed by atoms with E-state index in [-0.39, 0.29) is 29.9 Å². The van der Waals surface area contributed by atoms with Gasteiger partial charge in [0.1, 0.15) is 18.1 Å². The fraction of sp³-hybridized carbons (Fsp3) is 0.765. The Morgan fingerprint density at radius 1 is 1.00 bits per heavy atom. The van der Waals surface area contributed by atoms with Crippen LogP contribution in [0, 0.1) is 0 Å². The summed E-state index contributed by atoms with van der Waals surface area (Å²) in [5.74, 6) is -2.70. The third-order valence-corrected chi connectivity index (χ3v) is 5.30. The topological polar surface area (TPSA) is 163 Å². The monoisotopic (exact) mass is 449 g/mol. The number of rotatable bonds is 13. The zero-order chi connectivity index (χ0) is 21.8. The molecule has 1 heterocycles. The highest BCUT2D eigenvalue weighted by molar-refractivity contribution is 7.80. The average Bonchev–Trinajstić information content (AvgIpc) is 3.23. The van der Waals surface area contributed by atoms with Gasteiger partial charge in [-0.15, -0.1) is 0 Å². The van der Waals surface area contributed by atoms with Gasteiger partial charge in [-0.05, 0) is 45.2 Å². The third-order valence-electron chi connectivity index (χ3n) is 4.57. The van der Waals surface area contributed by atoms with Gasteiger partial charge in [0.25, 0.3) is 0 Å². The number of carbonyl (C=O) groups excluding carboxylic acids is 3. The molecular weight excluding hydrogens is 418 g/mol. The molecule has 1 saturated heterocycles. The minimum absolute atomic E-state index is 0.0376. The Morgan fingerprint density at radius 2 is 1.59 bits per heavy atom. The van der Waals surface area contributed by atoms with E-state index >= 15 is 0 Å². The molecule has 0 aromatic rings. The van der Waals surface area contributed by atoms with E-state index in [2.05, 4.69) is 46.5 Å². The summed E-state index contributed by atoms with van der Waals surface area (Å²) in [6.07, 6.45) is 3.00. The molecule has 1 aliphatic rings. The molecule has 4 atom stereocenters. The molecule has 0 aliphatic carbocycles. The van der Waals surface area contributed by atoms with Crippen LogP contribution in [0.3, 0.4) is 0 Å². The van der Waals surface area contributed by atoms with Gasteiger partial charge in [0, 0.05) is 11.5 Å². The number of nitrogens with one attached hydrogen (secondary N) is 4. The SMILES string of the molecule is NCCCCC(NC(=O)C(CS)NC(=O)C(CS)NC(=O)C1CCCN1)C(=O)O. The number of hydrogen-bond donors (Lipinski definition) is 8. The van der Waals surface area contributed by atoms with Crippen LogP contribution < -0.4 is 27.0 Å². The Bertz CT molecular complexity index is 574. The maximum Gasteiger partial charge on any atom is 0.326 e. The van der Waals surface area contributed by atoms with Crippen molar-refractivity contribution >= 4 is 48.9 Å². The number of carbonyl (C=O) groups is 4. The van der Waals surface area contributed by atoms with Crippen molar-refractivity contribution in [3.05, 3.63) is 0 Å². The zero-order valence-corrected chi connectivity index (χ0v) is 18.0. The largest absolute Gasteiger partial charge is 0.480 e. The van der Waals surface area contributed by atoms with Crippen LogP contribution in [0.25, 0.3) is 0 Å². The smallest absolute Gasteiger partial charge is 0.326 e. The highest BCUT2D eigenvalue weighted by Crippen LogP contribution is 2.06. The first-order valence-corrected chi connectivity index (χ1v) is 10.9. The number of thiol groups is 2. The standard InChI is InChI=1S/C17H31N5O5S2/c18-6-2-1-4-11(17(26)27)20-15(24)12(8-28)22-16(25)13(9-29)21-14(23)10-5-3-7-19-10/h10-13,19,28-29H,1-9,18H2,(H,20,24)(H,21,23)(H,22,25)(H,26,27). The fourth-order valence-corrected chi connectivity index (χ4v) is 3.38. The van der Waals surface area contributed by atoms with Gasteiger partial charge in [-0.2, -0.15) is 25.3 Å². The number of nitrogens with two attached hydrogens (primary N) is 1. The molecular formula is C17H31N5O5S2. The summed E-state index contributed by atoms with van der Waals surface area (Å²) in [5.41, 5.74) is 5.40. The van der Waals surface area contributed by atoms with Crippen LogP contribution in [0.15, 0.2) is 0 Å². The predicted octanol–water partition coefficient (Wildman–Crippen LogP) is -1.73. The van der Waals surface area contributed by atoms with Gasteiger partial charge < -0.3 is 32.1 Å². The quantitative estimate of drug-likeness (QED) is 0.122. The van der Waals surface area contributed by atoms with Crippen LogP contribution in [0.1, 0.15) is 32.1 Å². The molecule has 1 fully saturated rings. The van der Waals surface area contributed by atoms with Crippen molar-refractivity contribution in [2.75, 3.05) is 24.6 Å². The molecule has 10 nitrogen and oxygen atoms in total. The number of aliphatic carboxylic acids is 1. The first-order chi connectivity index (χ1) is 13.8. The fourth-order valence-electron chi connectivity index (χ4n) is 2.86. The van der Waals surface area contributed by atoms with Crippen molar-refractivity contribution in [2.45, 2.75) is 56.3 Å². The number of carboxylic acid groups (broad SMARTS) is 1. The molecule has 4 unspecified atom stereocenters. The molecule has 0 bridgehead atoms. The Balaban J connectivity index is 2.62. The maximum absolute atomic E-state index is 12.5. The van der Waals surface area contributed by atoms with Crippen molar-refractivity contribution in [3.63, 3.8) is 0 Å².